The lowest BCUT2D eigenvalue weighted by Crippen LogP contribution is -2.47. The average Bonchev–Trinajstić information content (AvgIpc) is 3.18. The zero-order chi connectivity index (χ0) is 17.5. The predicted molar refractivity (Wildman–Crippen MR) is 115 cm³/mol. The van der Waals surface area contributed by atoms with E-state index < -0.39 is 6.04 Å². The number of nitrogens with zero attached hydrogens (tertiary/aromatic N) is 1. The molecule has 2 aromatic rings. The third-order valence-corrected chi connectivity index (χ3v) is 5.44. The van der Waals surface area contributed by atoms with E-state index in [1.165, 1.54) is 4.88 Å². The van der Waals surface area contributed by atoms with E-state index in [4.69, 9.17) is 10.5 Å². The van der Waals surface area contributed by atoms with E-state index in [0.29, 0.717) is 13.0 Å². The van der Waals surface area contributed by atoms with E-state index in [1.807, 2.05) is 30.3 Å². The third kappa shape index (κ3) is 7.07. The Morgan fingerprint density at radius 2 is 1.85 bits per heavy atom. The van der Waals surface area contributed by atoms with Gasteiger partial charge in [0.2, 0.25) is 5.91 Å². The topological polar surface area (TPSA) is 67.6 Å². The normalized spacial score (nSPS) is 16.5. The molecule has 5 nitrogen and oxygen atoms in total. The summed E-state index contributed by atoms with van der Waals surface area (Å²) in [5.74, 6) is -0.0985. The first-order valence-electron chi connectivity index (χ1n) is 8.66. The molecule has 3 rings (SSSR count). The van der Waals surface area contributed by atoms with Crippen LogP contribution in [-0.2, 0) is 16.0 Å². The number of hydrogen-bond acceptors (Lipinski definition) is 5. The summed E-state index contributed by atoms with van der Waals surface area (Å²) in [6.07, 6.45) is 0.550. The van der Waals surface area contributed by atoms with Crippen LogP contribution in [0.25, 0.3) is 0 Å². The van der Waals surface area contributed by atoms with Gasteiger partial charge >= 0.3 is 0 Å². The minimum Gasteiger partial charge on any atom is -0.379 e. The lowest BCUT2D eigenvalue weighted by atomic mass is 10.1. The molecule has 2 atom stereocenters. The van der Waals surface area contributed by atoms with Crippen LogP contribution >= 0.6 is 36.2 Å². The highest BCUT2D eigenvalue weighted by atomic mass is 35.5. The van der Waals surface area contributed by atoms with Gasteiger partial charge in [0.05, 0.1) is 25.3 Å². The van der Waals surface area contributed by atoms with Gasteiger partial charge in [-0.1, -0.05) is 36.4 Å². The van der Waals surface area contributed by atoms with Crippen LogP contribution in [0.1, 0.15) is 16.5 Å². The van der Waals surface area contributed by atoms with Crippen molar-refractivity contribution in [1.82, 2.24) is 10.2 Å². The maximum atomic E-state index is 12.4. The van der Waals surface area contributed by atoms with E-state index in [0.717, 1.165) is 31.9 Å². The number of morpholine rings is 1. The van der Waals surface area contributed by atoms with Crippen LogP contribution in [0, 0.1) is 0 Å². The van der Waals surface area contributed by atoms with Crippen molar-refractivity contribution >= 4 is 42.1 Å². The second kappa shape index (κ2) is 12.3. The largest absolute Gasteiger partial charge is 0.379 e. The lowest BCUT2D eigenvalue weighted by molar-refractivity contribution is -0.122. The highest BCUT2D eigenvalue weighted by Crippen LogP contribution is 2.25. The van der Waals surface area contributed by atoms with E-state index >= 15 is 0 Å². The average molecular weight is 432 g/mol. The standard InChI is InChI=1S/C19H25N3O2S.2ClH/c20-16(13-15-5-2-1-3-6-15)19(23)21-14-17(18-7-4-12-25-18)22-8-10-24-11-9-22;;/h1-7,12,16-17H,8-11,13-14,20H2,(H,21,23);2*1H. The molecule has 1 aromatic heterocycles. The number of halogens is 2. The van der Waals surface area contributed by atoms with Crippen molar-refractivity contribution in [2.75, 3.05) is 32.8 Å². The number of nitrogens with one attached hydrogen (secondary N) is 1. The van der Waals surface area contributed by atoms with Crippen LogP contribution < -0.4 is 11.1 Å². The molecule has 2 unspecified atom stereocenters. The van der Waals surface area contributed by atoms with E-state index in [2.05, 4.69) is 27.7 Å². The maximum Gasteiger partial charge on any atom is 0.237 e. The van der Waals surface area contributed by atoms with Crippen LogP contribution in [0.15, 0.2) is 47.8 Å². The fourth-order valence-electron chi connectivity index (χ4n) is 3.07. The van der Waals surface area contributed by atoms with Gasteiger partial charge < -0.3 is 15.8 Å². The molecule has 0 aliphatic carbocycles. The second-order valence-corrected chi connectivity index (χ2v) is 7.20. The molecule has 0 radical (unpaired) electrons. The number of carbonyl (C=O) groups is 1. The summed E-state index contributed by atoms with van der Waals surface area (Å²) in [5, 5.41) is 5.12. The minimum absolute atomic E-state index is 0. The first kappa shape index (κ1) is 23.9. The number of ether oxygens (including phenoxy) is 1. The van der Waals surface area contributed by atoms with Crippen molar-refractivity contribution in [2.45, 2.75) is 18.5 Å². The Labute approximate surface area is 177 Å². The van der Waals surface area contributed by atoms with Gasteiger partial charge in [-0.3, -0.25) is 9.69 Å². The highest BCUT2D eigenvalue weighted by Gasteiger charge is 2.25. The van der Waals surface area contributed by atoms with Crippen LogP contribution in [0.4, 0.5) is 0 Å². The maximum absolute atomic E-state index is 12.4. The van der Waals surface area contributed by atoms with Crippen molar-refractivity contribution < 1.29 is 9.53 Å². The number of hydrogen-bond donors (Lipinski definition) is 2. The monoisotopic (exact) mass is 431 g/mol. The summed E-state index contributed by atoms with van der Waals surface area (Å²) in [7, 11) is 0. The van der Waals surface area contributed by atoms with Gasteiger partial charge in [-0.15, -0.1) is 36.2 Å². The Hall–Kier alpha value is -1.15. The molecule has 27 heavy (non-hydrogen) atoms. The zero-order valence-electron chi connectivity index (χ0n) is 15.1. The van der Waals surface area contributed by atoms with E-state index in [1.54, 1.807) is 11.3 Å². The Bertz CT molecular complexity index is 652. The van der Waals surface area contributed by atoms with Crippen molar-refractivity contribution in [3.8, 4) is 0 Å². The molecule has 1 saturated heterocycles. The molecule has 8 heteroatoms. The number of thiophene rings is 1. The van der Waals surface area contributed by atoms with Gasteiger partial charge in [-0.05, 0) is 23.4 Å². The quantitative estimate of drug-likeness (QED) is 0.706. The Balaban J connectivity index is 0.00000182. The van der Waals surface area contributed by atoms with Gasteiger partial charge in [0.15, 0.2) is 0 Å². The van der Waals surface area contributed by atoms with Crippen LogP contribution in [0.5, 0.6) is 0 Å². The number of benzene rings is 1. The molecule has 2 heterocycles. The van der Waals surface area contributed by atoms with Gasteiger partial charge in [0.25, 0.3) is 0 Å². The third-order valence-electron chi connectivity index (χ3n) is 4.46. The van der Waals surface area contributed by atoms with Crippen LogP contribution in [0.2, 0.25) is 0 Å². The van der Waals surface area contributed by atoms with Gasteiger partial charge in [0, 0.05) is 24.5 Å². The van der Waals surface area contributed by atoms with Crippen molar-refractivity contribution in [3.05, 3.63) is 58.3 Å². The molecule has 1 aliphatic rings. The molecule has 1 aromatic carbocycles. The summed E-state index contributed by atoms with van der Waals surface area (Å²) in [6, 6.07) is 13.7. The molecular formula is C19H27Cl2N3O2S. The summed E-state index contributed by atoms with van der Waals surface area (Å²) >= 11 is 1.72. The molecule has 0 bridgehead atoms. The lowest BCUT2D eigenvalue weighted by Gasteiger charge is -2.34. The molecule has 1 amide bonds. The first-order chi connectivity index (χ1) is 12.2. The van der Waals surface area contributed by atoms with Crippen LogP contribution in [-0.4, -0.2) is 49.7 Å². The first-order valence-corrected chi connectivity index (χ1v) is 9.54. The molecule has 0 saturated carbocycles. The number of rotatable bonds is 7. The second-order valence-electron chi connectivity index (χ2n) is 6.22. The number of amides is 1. The molecule has 3 N–H and O–H groups in total. The molecule has 1 aliphatic heterocycles. The van der Waals surface area contributed by atoms with Gasteiger partial charge in [-0.2, -0.15) is 0 Å². The van der Waals surface area contributed by atoms with Gasteiger partial charge in [-0.25, -0.2) is 0 Å². The Morgan fingerprint density at radius 1 is 1.15 bits per heavy atom. The molecule has 150 valence electrons. The highest BCUT2D eigenvalue weighted by molar-refractivity contribution is 7.10. The Morgan fingerprint density at radius 3 is 2.48 bits per heavy atom. The van der Waals surface area contributed by atoms with Crippen molar-refractivity contribution in [1.29, 1.82) is 0 Å². The summed E-state index contributed by atoms with van der Waals surface area (Å²) in [5.41, 5.74) is 7.17. The van der Waals surface area contributed by atoms with E-state index in [-0.39, 0.29) is 36.8 Å². The molecular weight excluding hydrogens is 405 g/mol. The van der Waals surface area contributed by atoms with Crippen molar-refractivity contribution in [2.24, 2.45) is 5.73 Å². The summed E-state index contributed by atoms with van der Waals surface area (Å²) in [6.45, 7) is 3.82. The fraction of sp³-hybridized carbons (Fsp3) is 0.421. The van der Waals surface area contributed by atoms with Gasteiger partial charge in [0.1, 0.15) is 0 Å². The Kier molecular flexibility index (Phi) is 10.9. The van der Waals surface area contributed by atoms with Crippen LogP contribution in [0.3, 0.4) is 0 Å². The minimum atomic E-state index is -0.531. The number of carbonyl (C=O) groups excluding carboxylic acids is 1. The fourth-order valence-corrected chi connectivity index (χ4v) is 3.93. The van der Waals surface area contributed by atoms with Crippen molar-refractivity contribution in [3.63, 3.8) is 0 Å². The summed E-state index contributed by atoms with van der Waals surface area (Å²) < 4.78 is 5.45. The SMILES string of the molecule is Cl.Cl.NC(Cc1ccccc1)C(=O)NCC(c1cccs1)N1CCOCC1. The number of nitrogens with two attached hydrogens (primary N) is 1. The predicted octanol–water partition coefficient (Wildman–Crippen LogP) is 2.65. The zero-order valence-corrected chi connectivity index (χ0v) is 17.5. The smallest absolute Gasteiger partial charge is 0.237 e. The summed E-state index contributed by atoms with van der Waals surface area (Å²) in [4.78, 5) is 16.1. The molecule has 1 fully saturated rings. The molecule has 0 spiro atoms. The van der Waals surface area contributed by atoms with E-state index in [9.17, 15) is 4.79 Å².